The van der Waals surface area contributed by atoms with Gasteiger partial charge in [0.25, 0.3) is 5.91 Å². The minimum absolute atomic E-state index is 0.0157. The number of hydrogen-bond acceptors (Lipinski definition) is 5. The molecular weight excluding hydrogens is 611 g/mol. The summed E-state index contributed by atoms with van der Waals surface area (Å²) in [5.41, 5.74) is 0.265. The van der Waals surface area contributed by atoms with E-state index in [0.29, 0.717) is 18.5 Å². The van der Waals surface area contributed by atoms with Gasteiger partial charge in [-0.1, -0.05) is 19.9 Å². The highest BCUT2D eigenvalue weighted by atomic mass is 19.1. The second-order valence-electron chi connectivity index (χ2n) is 13.6. The Morgan fingerprint density at radius 2 is 1.55 bits per heavy atom. The molecule has 0 bridgehead atoms. The molecule has 1 N–H and O–H groups in total. The van der Waals surface area contributed by atoms with E-state index in [1.807, 2.05) is 6.08 Å². The van der Waals surface area contributed by atoms with Crippen LogP contribution in [0.5, 0.6) is 0 Å². The first kappa shape index (κ1) is 33.9. The average Bonchev–Trinajstić information content (AvgIpc) is 3.47. The Hall–Kier alpha value is -4.48. The highest BCUT2D eigenvalue weighted by Crippen LogP contribution is 2.39. The van der Waals surface area contributed by atoms with E-state index in [-0.39, 0.29) is 83.5 Å². The van der Waals surface area contributed by atoms with Gasteiger partial charge in [0.15, 0.2) is 5.82 Å². The third-order valence-electron chi connectivity index (χ3n) is 8.39. The average molecular weight is 654 g/mol. The van der Waals surface area contributed by atoms with Gasteiger partial charge in [0, 0.05) is 81.9 Å². The number of aromatic nitrogens is 1. The van der Waals surface area contributed by atoms with Gasteiger partial charge in [-0.15, -0.1) is 0 Å². The maximum Gasteiger partial charge on any atom is 0.410 e. The zero-order valence-corrected chi connectivity index (χ0v) is 28.0. The first-order chi connectivity index (χ1) is 22.1. The van der Waals surface area contributed by atoms with Crippen LogP contribution in [-0.2, 0) is 9.53 Å². The summed E-state index contributed by atoms with van der Waals surface area (Å²) < 4.78 is 53.7. The summed E-state index contributed by atoms with van der Waals surface area (Å²) in [6, 6.07) is 5.13. The van der Waals surface area contributed by atoms with Crippen molar-refractivity contribution < 1.29 is 32.3 Å². The molecule has 47 heavy (non-hydrogen) atoms. The van der Waals surface area contributed by atoms with Crippen molar-refractivity contribution in [1.82, 2.24) is 19.7 Å². The van der Waals surface area contributed by atoms with E-state index in [0.717, 1.165) is 12.1 Å². The lowest BCUT2D eigenvalue weighted by Gasteiger charge is -2.37. The molecule has 2 aromatic carbocycles. The summed E-state index contributed by atoms with van der Waals surface area (Å²) in [7, 11) is 3.12. The van der Waals surface area contributed by atoms with Gasteiger partial charge in [-0.2, -0.15) is 0 Å². The molecule has 1 saturated heterocycles. The fraction of sp³-hybridized carbons (Fsp3) is 0.457. The number of carbonyl (C=O) groups is 3. The van der Waals surface area contributed by atoms with E-state index < -0.39 is 35.1 Å². The number of anilines is 1. The molecule has 0 atom stereocenters. The maximum atomic E-state index is 16.3. The zero-order chi connectivity index (χ0) is 34.4. The molecule has 0 aliphatic carbocycles. The molecule has 1 fully saturated rings. The van der Waals surface area contributed by atoms with E-state index in [4.69, 9.17) is 4.74 Å². The van der Waals surface area contributed by atoms with Crippen LogP contribution in [0.3, 0.4) is 0 Å². The molecule has 1 aromatic heterocycles. The van der Waals surface area contributed by atoms with E-state index >= 15 is 13.2 Å². The lowest BCUT2D eigenvalue weighted by molar-refractivity contribution is -0.133. The fourth-order valence-corrected chi connectivity index (χ4v) is 6.01. The Morgan fingerprint density at radius 3 is 2.17 bits per heavy atom. The Kier molecular flexibility index (Phi) is 9.34. The standard InChI is InChI=1S/C35H42F3N5O4/c1-20(2)32(44)43-10-8-9-21(19-43)22-15-23(25-17-28(33(45)40(6)7)39-31(25)30(22)38)24-16-27(37)29(18-26(24)36)41-11-13-42(14-12-41)34(46)47-35(3,4)5/h9,15-18,20,39H,8,10-14,19H2,1-7H3. The molecule has 252 valence electrons. The molecule has 3 aromatic rings. The number of halogens is 3. The number of nitrogens with zero attached hydrogens (tertiary/aromatic N) is 4. The van der Waals surface area contributed by atoms with Crippen LogP contribution in [0, 0.1) is 23.4 Å². The van der Waals surface area contributed by atoms with Crippen LogP contribution < -0.4 is 4.90 Å². The Morgan fingerprint density at radius 1 is 0.872 bits per heavy atom. The fourth-order valence-electron chi connectivity index (χ4n) is 6.01. The van der Waals surface area contributed by atoms with Crippen LogP contribution in [0.2, 0.25) is 0 Å². The molecule has 2 aliphatic rings. The third-order valence-corrected chi connectivity index (χ3v) is 8.39. The zero-order valence-electron chi connectivity index (χ0n) is 28.0. The predicted octanol–water partition coefficient (Wildman–Crippen LogP) is 6.28. The van der Waals surface area contributed by atoms with Crippen LogP contribution in [0.4, 0.5) is 23.7 Å². The predicted molar refractivity (Wildman–Crippen MR) is 176 cm³/mol. The van der Waals surface area contributed by atoms with Crippen molar-refractivity contribution in [1.29, 1.82) is 0 Å². The van der Waals surface area contributed by atoms with E-state index in [1.54, 1.807) is 58.5 Å². The Labute approximate surface area is 272 Å². The number of fused-ring (bicyclic) bond motifs is 1. The monoisotopic (exact) mass is 653 g/mol. The lowest BCUT2D eigenvalue weighted by Crippen LogP contribution is -2.50. The molecular formula is C35H42F3N5O4. The molecule has 3 amide bonds. The van der Waals surface area contributed by atoms with Crippen molar-refractivity contribution in [3.63, 3.8) is 0 Å². The van der Waals surface area contributed by atoms with Crippen molar-refractivity contribution in [3.8, 4) is 11.1 Å². The first-order valence-corrected chi connectivity index (χ1v) is 15.8. The number of piperazine rings is 1. The van der Waals surface area contributed by atoms with Gasteiger partial charge in [-0.05, 0) is 56.5 Å². The van der Waals surface area contributed by atoms with Crippen LogP contribution >= 0.6 is 0 Å². The van der Waals surface area contributed by atoms with Gasteiger partial charge < -0.3 is 29.3 Å². The van der Waals surface area contributed by atoms with Crippen molar-refractivity contribution in [3.05, 3.63) is 59.1 Å². The minimum Gasteiger partial charge on any atom is -0.444 e. The van der Waals surface area contributed by atoms with Crippen LogP contribution in [-0.4, -0.2) is 96.6 Å². The lowest BCUT2D eigenvalue weighted by atomic mass is 9.92. The van der Waals surface area contributed by atoms with Crippen molar-refractivity contribution >= 4 is 40.1 Å². The molecule has 5 rings (SSSR count). The van der Waals surface area contributed by atoms with Crippen molar-refractivity contribution in [2.75, 3.05) is 58.3 Å². The van der Waals surface area contributed by atoms with Gasteiger partial charge in [0.2, 0.25) is 5.91 Å². The number of H-pyrrole nitrogens is 1. The Balaban J connectivity index is 1.54. The Bertz CT molecular complexity index is 1750. The number of amides is 3. The summed E-state index contributed by atoms with van der Waals surface area (Å²) >= 11 is 0. The maximum absolute atomic E-state index is 16.3. The smallest absolute Gasteiger partial charge is 0.410 e. The number of ether oxygens (including phenoxy) is 1. The minimum atomic E-state index is -0.731. The highest BCUT2D eigenvalue weighted by molar-refractivity contribution is 6.04. The molecule has 0 saturated carbocycles. The van der Waals surface area contributed by atoms with Crippen molar-refractivity contribution in [2.24, 2.45) is 5.92 Å². The number of carbonyl (C=O) groups excluding carboxylic acids is 3. The number of rotatable bonds is 5. The van der Waals surface area contributed by atoms with Crippen LogP contribution in [0.25, 0.3) is 27.6 Å². The number of hydrogen-bond donors (Lipinski definition) is 1. The summed E-state index contributed by atoms with van der Waals surface area (Å²) in [6.07, 6.45) is 1.90. The summed E-state index contributed by atoms with van der Waals surface area (Å²) in [6.45, 7) is 10.7. The van der Waals surface area contributed by atoms with Gasteiger partial charge in [0.1, 0.15) is 22.9 Å². The highest BCUT2D eigenvalue weighted by Gasteiger charge is 2.30. The summed E-state index contributed by atoms with van der Waals surface area (Å²) in [5, 5.41) is 0.222. The molecule has 9 nitrogen and oxygen atoms in total. The third kappa shape index (κ3) is 6.96. The summed E-state index contributed by atoms with van der Waals surface area (Å²) in [5.74, 6) is -2.77. The number of benzene rings is 2. The quantitative estimate of drug-likeness (QED) is 0.350. The van der Waals surface area contributed by atoms with Gasteiger partial charge in [0.05, 0.1) is 11.2 Å². The number of nitrogens with one attached hydrogen (secondary N) is 1. The first-order valence-electron chi connectivity index (χ1n) is 15.8. The molecule has 12 heteroatoms. The topological polar surface area (TPSA) is 89.2 Å². The van der Waals surface area contributed by atoms with Gasteiger partial charge >= 0.3 is 6.09 Å². The molecule has 0 spiro atoms. The summed E-state index contributed by atoms with van der Waals surface area (Å²) in [4.78, 5) is 47.2. The second-order valence-corrected chi connectivity index (χ2v) is 13.6. The second kappa shape index (κ2) is 13.0. The van der Waals surface area contributed by atoms with E-state index in [2.05, 4.69) is 4.98 Å². The molecule has 0 unspecified atom stereocenters. The van der Waals surface area contributed by atoms with Crippen molar-refractivity contribution in [2.45, 2.75) is 46.6 Å². The molecule has 2 aliphatic heterocycles. The van der Waals surface area contributed by atoms with E-state index in [9.17, 15) is 14.4 Å². The molecule has 3 heterocycles. The molecule has 0 radical (unpaired) electrons. The largest absolute Gasteiger partial charge is 0.444 e. The SMILES string of the molecule is CC(C)C(=O)N1CCC=C(c2cc(-c3cc(F)c(N4CCN(C(=O)OC(C)(C)C)CC4)cc3F)c3cc(C(=O)N(C)C)[nH]c3c2F)C1. The van der Waals surface area contributed by atoms with Gasteiger partial charge in [-0.3, -0.25) is 9.59 Å². The van der Waals surface area contributed by atoms with Crippen LogP contribution in [0.1, 0.15) is 57.1 Å². The normalized spacial score (nSPS) is 15.7. The van der Waals surface area contributed by atoms with E-state index in [1.165, 1.54) is 21.9 Å². The van der Waals surface area contributed by atoms with Gasteiger partial charge in [-0.25, -0.2) is 18.0 Å². The van der Waals surface area contributed by atoms with Crippen LogP contribution in [0.15, 0.2) is 30.3 Å². The number of aromatic amines is 1.